The molecule has 0 atom stereocenters. The van der Waals surface area contributed by atoms with Gasteiger partial charge in [0.1, 0.15) is 5.75 Å². The fraction of sp³-hybridized carbons (Fsp3) is 0.0952. The summed E-state index contributed by atoms with van der Waals surface area (Å²) >= 11 is 0. The molecule has 0 saturated heterocycles. The molecular weight excluding hydrogens is 358 g/mol. The summed E-state index contributed by atoms with van der Waals surface area (Å²) in [6.07, 6.45) is 1.64. The maximum atomic E-state index is 12.5. The molecule has 140 valence electrons. The number of anilines is 2. The van der Waals surface area contributed by atoms with Crippen molar-refractivity contribution in [2.45, 2.75) is 0 Å². The number of aromatic nitrogens is 1. The lowest BCUT2D eigenvalue weighted by molar-refractivity contribution is -0.121. The van der Waals surface area contributed by atoms with Gasteiger partial charge in [0.2, 0.25) is 0 Å². The van der Waals surface area contributed by atoms with Gasteiger partial charge in [-0.25, -0.2) is 0 Å². The number of benzene rings is 2. The highest BCUT2D eigenvalue weighted by atomic mass is 16.5. The topological polar surface area (TPSA) is 84.7 Å². The summed E-state index contributed by atoms with van der Waals surface area (Å²) in [4.78, 5) is 26.2. The maximum absolute atomic E-state index is 12.5. The minimum absolute atomic E-state index is 0.0201. The van der Waals surface area contributed by atoms with Crippen LogP contribution in [0.2, 0.25) is 0 Å². The highest BCUT2D eigenvalue weighted by Gasteiger charge is 2.25. The van der Waals surface area contributed by atoms with Crippen LogP contribution in [0, 0.1) is 0 Å². The molecular formula is C21H17N3O4. The zero-order valence-corrected chi connectivity index (χ0v) is 14.9. The van der Waals surface area contributed by atoms with Crippen molar-refractivity contribution in [1.82, 2.24) is 5.16 Å². The van der Waals surface area contributed by atoms with Crippen molar-refractivity contribution < 1.29 is 18.8 Å². The summed E-state index contributed by atoms with van der Waals surface area (Å²) in [6, 6.07) is 16.1. The molecule has 2 amide bonds. The average molecular weight is 375 g/mol. The van der Waals surface area contributed by atoms with Gasteiger partial charge in [-0.15, -0.1) is 6.58 Å². The molecule has 2 heterocycles. The van der Waals surface area contributed by atoms with Gasteiger partial charge in [0.25, 0.3) is 11.8 Å². The second-order valence-corrected chi connectivity index (χ2v) is 6.16. The van der Waals surface area contributed by atoms with E-state index in [0.717, 1.165) is 5.56 Å². The quantitative estimate of drug-likeness (QED) is 0.690. The van der Waals surface area contributed by atoms with Crippen molar-refractivity contribution in [2.24, 2.45) is 0 Å². The summed E-state index contributed by atoms with van der Waals surface area (Å²) in [7, 11) is 0. The number of carbonyl (C=O) groups excluding carboxylic acids is 2. The predicted molar refractivity (Wildman–Crippen MR) is 104 cm³/mol. The molecule has 3 aromatic rings. The molecule has 28 heavy (non-hydrogen) atoms. The zero-order valence-electron chi connectivity index (χ0n) is 14.9. The monoisotopic (exact) mass is 375 g/mol. The van der Waals surface area contributed by atoms with Crippen LogP contribution in [-0.4, -0.2) is 30.1 Å². The Morgan fingerprint density at radius 1 is 1.21 bits per heavy atom. The van der Waals surface area contributed by atoms with Crippen LogP contribution in [0.3, 0.4) is 0 Å². The molecule has 1 N–H and O–H groups in total. The zero-order chi connectivity index (χ0) is 19.5. The van der Waals surface area contributed by atoms with Crippen LogP contribution in [0.15, 0.2) is 71.8 Å². The van der Waals surface area contributed by atoms with Gasteiger partial charge in [-0.3, -0.25) is 9.59 Å². The molecule has 2 aromatic carbocycles. The van der Waals surface area contributed by atoms with E-state index in [-0.39, 0.29) is 18.2 Å². The molecule has 0 spiro atoms. The van der Waals surface area contributed by atoms with Crippen LogP contribution in [0.5, 0.6) is 5.75 Å². The predicted octanol–water partition coefficient (Wildman–Crippen LogP) is 3.51. The third-order valence-corrected chi connectivity index (χ3v) is 4.27. The van der Waals surface area contributed by atoms with E-state index in [0.29, 0.717) is 29.4 Å². The first-order valence-corrected chi connectivity index (χ1v) is 8.67. The van der Waals surface area contributed by atoms with Gasteiger partial charge >= 0.3 is 0 Å². The minimum Gasteiger partial charge on any atom is -0.482 e. The van der Waals surface area contributed by atoms with Crippen LogP contribution in [0.1, 0.15) is 10.5 Å². The van der Waals surface area contributed by atoms with Gasteiger partial charge in [0.05, 0.1) is 5.69 Å². The number of hydrogen-bond donors (Lipinski definition) is 1. The summed E-state index contributed by atoms with van der Waals surface area (Å²) in [5.74, 6) is 0.503. The number of amides is 2. The third-order valence-electron chi connectivity index (χ3n) is 4.27. The van der Waals surface area contributed by atoms with Gasteiger partial charge in [-0.05, 0) is 18.2 Å². The van der Waals surface area contributed by atoms with Gasteiger partial charge in [0, 0.05) is 23.9 Å². The number of ether oxygens (including phenoxy) is 1. The summed E-state index contributed by atoms with van der Waals surface area (Å²) in [6.45, 7) is 4.01. The highest BCUT2D eigenvalue weighted by Crippen LogP contribution is 2.34. The van der Waals surface area contributed by atoms with Crippen LogP contribution in [0.25, 0.3) is 11.3 Å². The Hall–Kier alpha value is -3.87. The van der Waals surface area contributed by atoms with Gasteiger partial charge < -0.3 is 19.5 Å². The second-order valence-electron chi connectivity index (χ2n) is 6.16. The molecule has 7 heteroatoms. The highest BCUT2D eigenvalue weighted by molar-refractivity contribution is 6.04. The third kappa shape index (κ3) is 3.37. The summed E-state index contributed by atoms with van der Waals surface area (Å²) in [5.41, 5.74) is 2.09. The van der Waals surface area contributed by atoms with Crippen molar-refractivity contribution in [3.63, 3.8) is 0 Å². The van der Waals surface area contributed by atoms with Crippen molar-refractivity contribution in [3.8, 4) is 17.1 Å². The molecule has 0 aliphatic carbocycles. The van der Waals surface area contributed by atoms with Crippen LogP contribution < -0.4 is 15.0 Å². The summed E-state index contributed by atoms with van der Waals surface area (Å²) in [5, 5.41) is 6.61. The molecule has 1 aliphatic rings. The Balaban J connectivity index is 1.55. The number of rotatable bonds is 5. The molecule has 1 aromatic heterocycles. The lowest BCUT2D eigenvalue weighted by atomic mass is 10.1. The van der Waals surface area contributed by atoms with Gasteiger partial charge in [-0.2, -0.15) is 0 Å². The van der Waals surface area contributed by atoms with Crippen molar-refractivity contribution >= 4 is 23.2 Å². The SMILES string of the molecule is C=CCN1C(=O)COc2ccc(NC(=O)c3cc(-c4ccccc4)on3)cc21. The van der Waals surface area contributed by atoms with E-state index < -0.39 is 5.91 Å². The van der Waals surface area contributed by atoms with Gasteiger partial charge in [-0.1, -0.05) is 41.6 Å². The first kappa shape index (κ1) is 17.5. The standard InChI is InChI=1S/C21H17N3O4/c1-2-10-24-17-11-15(8-9-18(17)27-13-20(24)25)22-21(26)16-12-19(28-23-16)14-6-4-3-5-7-14/h2-9,11-12H,1,10,13H2,(H,22,26). The molecule has 0 saturated carbocycles. The first-order valence-electron chi connectivity index (χ1n) is 8.67. The molecule has 4 rings (SSSR count). The van der Waals surface area contributed by atoms with E-state index in [2.05, 4.69) is 17.1 Å². The number of nitrogens with zero attached hydrogens (tertiary/aromatic N) is 2. The Kier molecular flexibility index (Phi) is 4.63. The van der Waals surface area contributed by atoms with Crippen molar-refractivity contribution in [2.75, 3.05) is 23.4 Å². The van der Waals surface area contributed by atoms with E-state index in [4.69, 9.17) is 9.26 Å². The van der Waals surface area contributed by atoms with E-state index in [1.54, 1.807) is 35.2 Å². The Labute approximate surface area is 161 Å². The van der Waals surface area contributed by atoms with Gasteiger partial charge in [0.15, 0.2) is 18.1 Å². The number of fused-ring (bicyclic) bond motifs is 1. The lowest BCUT2D eigenvalue weighted by Crippen LogP contribution is -2.38. The molecule has 0 fully saturated rings. The molecule has 7 nitrogen and oxygen atoms in total. The van der Waals surface area contributed by atoms with Crippen LogP contribution in [0.4, 0.5) is 11.4 Å². The van der Waals surface area contributed by atoms with Crippen LogP contribution >= 0.6 is 0 Å². The van der Waals surface area contributed by atoms with E-state index in [9.17, 15) is 9.59 Å². The molecule has 0 bridgehead atoms. The number of hydrogen-bond acceptors (Lipinski definition) is 5. The normalized spacial score (nSPS) is 12.9. The van der Waals surface area contributed by atoms with E-state index >= 15 is 0 Å². The largest absolute Gasteiger partial charge is 0.482 e. The van der Waals surface area contributed by atoms with E-state index in [1.807, 2.05) is 30.3 Å². The number of nitrogens with one attached hydrogen (secondary N) is 1. The maximum Gasteiger partial charge on any atom is 0.277 e. The Morgan fingerprint density at radius 2 is 2.04 bits per heavy atom. The average Bonchev–Trinajstić information content (AvgIpc) is 3.21. The number of carbonyl (C=O) groups is 2. The van der Waals surface area contributed by atoms with Crippen molar-refractivity contribution in [1.29, 1.82) is 0 Å². The Morgan fingerprint density at radius 3 is 2.82 bits per heavy atom. The lowest BCUT2D eigenvalue weighted by Gasteiger charge is -2.28. The molecule has 0 radical (unpaired) electrons. The van der Waals surface area contributed by atoms with Crippen LogP contribution in [-0.2, 0) is 4.79 Å². The molecule has 0 unspecified atom stereocenters. The molecule has 1 aliphatic heterocycles. The fourth-order valence-electron chi connectivity index (χ4n) is 2.92. The smallest absolute Gasteiger partial charge is 0.277 e. The second kappa shape index (κ2) is 7.40. The minimum atomic E-state index is -0.413. The fourth-order valence-corrected chi connectivity index (χ4v) is 2.92. The Bertz CT molecular complexity index is 1040. The van der Waals surface area contributed by atoms with Crippen molar-refractivity contribution in [3.05, 3.63) is 72.9 Å². The summed E-state index contributed by atoms with van der Waals surface area (Å²) < 4.78 is 10.7. The van der Waals surface area contributed by atoms with E-state index in [1.165, 1.54) is 0 Å². The first-order chi connectivity index (χ1) is 13.7.